The van der Waals surface area contributed by atoms with Crippen LogP contribution in [0.5, 0.6) is 0 Å². The van der Waals surface area contributed by atoms with Gasteiger partial charge in [0.1, 0.15) is 0 Å². The molecule has 2 N–H and O–H groups in total. The number of rotatable bonds is 3. The van der Waals surface area contributed by atoms with Crippen LogP contribution < -0.4 is 16.2 Å². The molecule has 1 aromatic rings. The molecule has 2 rings (SSSR count). The molecule has 0 amide bonds. The Kier molecular flexibility index (Phi) is 4.68. The van der Waals surface area contributed by atoms with Gasteiger partial charge >= 0.3 is 0 Å². The maximum atomic E-state index is 12.6. The number of anilines is 1. The lowest BCUT2D eigenvalue weighted by Gasteiger charge is -2.38. The smallest absolute Gasteiger partial charge is 0.293 e. The van der Waals surface area contributed by atoms with Gasteiger partial charge in [-0.05, 0) is 27.7 Å². The molecule has 6 heteroatoms. The molecule has 1 aliphatic heterocycles. The van der Waals surface area contributed by atoms with Crippen LogP contribution in [0.15, 0.2) is 17.2 Å². The summed E-state index contributed by atoms with van der Waals surface area (Å²) in [6, 6.07) is 0.391. The van der Waals surface area contributed by atoms with Crippen molar-refractivity contribution in [1.82, 2.24) is 14.5 Å². The van der Waals surface area contributed by atoms with Gasteiger partial charge in [-0.1, -0.05) is 0 Å². The van der Waals surface area contributed by atoms with Crippen molar-refractivity contribution in [3.05, 3.63) is 22.7 Å². The van der Waals surface area contributed by atoms with Crippen molar-refractivity contribution < 1.29 is 0 Å². The molecule has 6 nitrogen and oxygen atoms in total. The van der Waals surface area contributed by atoms with E-state index in [4.69, 9.17) is 5.73 Å². The molecule has 1 aliphatic rings. The molecule has 0 saturated carbocycles. The van der Waals surface area contributed by atoms with Crippen LogP contribution in [-0.4, -0.2) is 53.2 Å². The number of hydrogen-bond donors (Lipinski definition) is 1. The average molecular weight is 293 g/mol. The number of nitrogens with zero attached hydrogens (tertiary/aromatic N) is 4. The van der Waals surface area contributed by atoms with E-state index in [-0.39, 0.29) is 11.1 Å². The second-order valence-corrected chi connectivity index (χ2v) is 6.70. The molecule has 0 bridgehead atoms. The topological polar surface area (TPSA) is 67.4 Å². The van der Waals surface area contributed by atoms with Crippen LogP contribution in [0.25, 0.3) is 0 Å². The van der Waals surface area contributed by atoms with Gasteiger partial charge in [0.15, 0.2) is 5.82 Å². The van der Waals surface area contributed by atoms with Crippen LogP contribution in [0.1, 0.15) is 27.7 Å². The molecule has 0 radical (unpaired) electrons. The maximum Gasteiger partial charge on any atom is 0.293 e. The van der Waals surface area contributed by atoms with E-state index in [1.54, 1.807) is 17.0 Å². The summed E-state index contributed by atoms with van der Waals surface area (Å²) in [6.07, 6.45) is 3.48. The maximum absolute atomic E-state index is 12.6. The van der Waals surface area contributed by atoms with Crippen molar-refractivity contribution in [2.24, 2.45) is 5.73 Å². The van der Waals surface area contributed by atoms with Crippen LogP contribution in [0.3, 0.4) is 0 Å². The zero-order chi connectivity index (χ0) is 15.6. The van der Waals surface area contributed by atoms with Gasteiger partial charge in [0.25, 0.3) is 5.56 Å². The lowest BCUT2D eigenvalue weighted by atomic mass is 10.1. The molecule has 0 aromatic carbocycles. The summed E-state index contributed by atoms with van der Waals surface area (Å²) >= 11 is 0. The van der Waals surface area contributed by atoms with Crippen LogP contribution in [0.2, 0.25) is 0 Å². The first-order valence-corrected chi connectivity index (χ1v) is 7.62. The molecule has 0 aliphatic carbocycles. The van der Waals surface area contributed by atoms with Crippen molar-refractivity contribution in [3.8, 4) is 0 Å². The second kappa shape index (κ2) is 6.15. The molecular formula is C15H27N5O. The molecule has 21 heavy (non-hydrogen) atoms. The summed E-state index contributed by atoms with van der Waals surface area (Å²) in [4.78, 5) is 21.4. The summed E-state index contributed by atoms with van der Waals surface area (Å²) in [7, 11) is 0. The molecule has 2 heterocycles. The number of hydrogen-bond acceptors (Lipinski definition) is 5. The fourth-order valence-corrected chi connectivity index (χ4v) is 2.67. The van der Waals surface area contributed by atoms with Crippen LogP contribution >= 0.6 is 0 Å². The molecule has 1 fully saturated rings. The number of piperazine rings is 1. The first-order valence-electron chi connectivity index (χ1n) is 7.62. The Hall–Kier alpha value is -1.40. The van der Waals surface area contributed by atoms with Gasteiger partial charge in [-0.15, -0.1) is 0 Å². The van der Waals surface area contributed by atoms with Crippen molar-refractivity contribution in [3.63, 3.8) is 0 Å². The van der Waals surface area contributed by atoms with Crippen LogP contribution in [-0.2, 0) is 5.54 Å². The lowest BCUT2D eigenvalue weighted by Crippen LogP contribution is -2.53. The largest absolute Gasteiger partial charge is 0.349 e. The van der Waals surface area contributed by atoms with Crippen molar-refractivity contribution in [2.45, 2.75) is 39.3 Å². The van der Waals surface area contributed by atoms with Gasteiger partial charge in [0, 0.05) is 56.7 Å². The Labute approximate surface area is 126 Å². The molecule has 1 aromatic heterocycles. The Morgan fingerprint density at radius 3 is 2.43 bits per heavy atom. The zero-order valence-corrected chi connectivity index (χ0v) is 13.5. The highest BCUT2D eigenvalue weighted by molar-refractivity contribution is 5.36. The van der Waals surface area contributed by atoms with E-state index in [1.165, 1.54) is 0 Å². The molecule has 118 valence electrons. The van der Waals surface area contributed by atoms with Gasteiger partial charge in [-0.2, -0.15) is 0 Å². The van der Waals surface area contributed by atoms with Gasteiger partial charge in [0.05, 0.1) is 0 Å². The van der Waals surface area contributed by atoms with Crippen molar-refractivity contribution in [1.29, 1.82) is 0 Å². The molecular weight excluding hydrogens is 266 g/mol. The Balaban J connectivity index is 2.16. The Morgan fingerprint density at radius 1 is 1.29 bits per heavy atom. The monoisotopic (exact) mass is 293 g/mol. The second-order valence-electron chi connectivity index (χ2n) is 6.70. The van der Waals surface area contributed by atoms with E-state index in [2.05, 4.69) is 21.7 Å². The normalized spacial score (nSPS) is 18.8. The fraction of sp³-hybridized carbons (Fsp3) is 0.733. The van der Waals surface area contributed by atoms with E-state index in [0.717, 1.165) is 26.2 Å². The summed E-state index contributed by atoms with van der Waals surface area (Å²) in [5, 5.41) is 0. The highest BCUT2D eigenvalue weighted by Gasteiger charge is 2.24. The summed E-state index contributed by atoms with van der Waals surface area (Å²) < 4.78 is 1.75. The van der Waals surface area contributed by atoms with Crippen molar-refractivity contribution >= 4 is 5.82 Å². The van der Waals surface area contributed by atoms with E-state index < -0.39 is 0 Å². The van der Waals surface area contributed by atoms with E-state index in [9.17, 15) is 4.79 Å². The molecule has 1 atom stereocenters. The zero-order valence-electron chi connectivity index (χ0n) is 13.5. The van der Waals surface area contributed by atoms with Gasteiger partial charge in [-0.3, -0.25) is 9.69 Å². The molecule has 0 spiro atoms. The predicted molar refractivity (Wildman–Crippen MR) is 85.8 cm³/mol. The minimum atomic E-state index is -0.231. The van der Waals surface area contributed by atoms with E-state index >= 15 is 0 Å². The fourth-order valence-electron chi connectivity index (χ4n) is 2.67. The summed E-state index contributed by atoms with van der Waals surface area (Å²) in [5.74, 6) is 0.562. The van der Waals surface area contributed by atoms with Crippen LogP contribution in [0, 0.1) is 0 Å². The van der Waals surface area contributed by atoms with Gasteiger partial charge in [-0.25, -0.2) is 4.98 Å². The SMILES string of the molecule is CC(CN)N1CCN(c2nccn(C(C)(C)C)c2=O)CC1. The molecule has 1 saturated heterocycles. The van der Waals surface area contributed by atoms with E-state index in [1.807, 2.05) is 20.8 Å². The standard InChI is InChI=1S/C15H27N5O/c1-12(11-16)18-7-9-19(10-8-18)13-14(21)20(6-5-17-13)15(2,3)4/h5-6,12H,7-11,16H2,1-4H3. The minimum absolute atomic E-state index is 0.00896. The first kappa shape index (κ1) is 16.0. The van der Waals surface area contributed by atoms with E-state index in [0.29, 0.717) is 18.4 Å². The number of nitrogens with two attached hydrogens (primary N) is 1. The highest BCUT2D eigenvalue weighted by Crippen LogP contribution is 2.14. The predicted octanol–water partition coefficient (Wildman–Crippen LogP) is 0.468. The average Bonchev–Trinajstić information content (AvgIpc) is 2.45. The summed E-state index contributed by atoms with van der Waals surface area (Å²) in [6.45, 7) is 12.4. The summed E-state index contributed by atoms with van der Waals surface area (Å²) in [5.41, 5.74) is 5.48. The Bertz CT molecular complexity index is 526. The Morgan fingerprint density at radius 2 is 1.90 bits per heavy atom. The minimum Gasteiger partial charge on any atom is -0.349 e. The van der Waals surface area contributed by atoms with Gasteiger partial charge in [0.2, 0.25) is 0 Å². The molecule has 1 unspecified atom stereocenters. The third-order valence-corrected chi connectivity index (χ3v) is 4.12. The quantitative estimate of drug-likeness (QED) is 0.877. The van der Waals surface area contributed by atoms with Gasteiger partial charge < -0.3 is 15.2 Å². The third kappa shape index (κ3) is 3.44. The van der Waals surface area contributed by atoms with Crippen molar-refractivity contribution in [2.75, 3.05) is 37.6 Å². The highest BCUT2D eigenvalue weighted by atomic mass is 16.1. The van der Waals surface area contributed by atoms with Crippen LogP contribution in [0.4, 0.5) is 5.82 Å². The lowest BCUT2D eigenvalue weighted by molar-refractivity contribution is 0.200. The number of aromatic nitrogens is 2. The first-order chi connectivity index (χ1) is 9.84. The third-order valence-electron chi connectivity index (χ3n) is 4.12.